The summed E-state index contributed by atoms with van der Waals surface area (Å²) in [6.07, 6.45) is 1.85. The summed E-state index contributed by atoms with van der Waals surface area (Å²) in [5, 5.41) is 3.09. The van der Waals surface area contributed by atoms with Crippen LogP contribution in [0, 0.1) is 5.92 Å². The highest BCUT2D eigenvalue weighted by atomic mass is 16.5. The molecule has 4 heteroatoms. The summed E-state index contributed by atoms with van der Waals surface area (Å²) in [7, 11) is 1.65. The monoisotopic (exact) mass is 355 g/mol. The lowest BCUT2D eigenvalue weighted by atomic mass is 9.97. The summed E-state index contributed by atoms with van der Waals surface area (Å²) < 4.78 is 10.8. The molecule has 0 spiro atoms. The molecule has 1 atom stereocenters. The second-order valence-corrected chi connectivity index (χ2v) is 6.81. The van der Waals surface area contributed by atoms with E-state index < -0.39 is 0 Å². The van der Waals surface area contributed by atoms with Gasteiger partial charge >= 0.3 is 0 Å². The number of aryl methyl sites for hydroxylation is 1. The summed E-state index contributed by atoms with van der Waals surface area (Å²) in [5.41, 5.74) is 2.32. The van der Waals surface area contributed by atoms with Crippen LogP contribution in [0.5, 0.6) is 11.5 Å². The van der Waals surface area contributed by atoms with Crippen molar-refractivity contribution in [2.24, 2.45) is 5.92 Å². The van der Waals surface area contributed by atoms with Gasteiger partial charge in [-0.1, -0.05) is 45.0 Å². The van der Waals surface area contributed by atoms with Crippen LogP contribution in [0.25, 0.3) is 0 Å². The SMILES string of the molecule is CCc1ccc(OCC(=O)N[C@@H](CC(C)C)c2ccc(OC)cc2)cc1. The van der Waals surface area contributed by atoms with Gasteiger partial charge in [0.1, 0.15) is 11.5 Å². The van der Waals surface area contributed by atoms with E-state index in [2.05, 4.69) is 26.1 Å². The van der Waals surface area contributed by atoms with Crippen LogP contribution in [-0.2, 0) is 11.2 Å². The third-order valence-corrected chi connectivity index (χ3v) is 4.26. The van der Waals surface area contributed by atoms with Gasteiger partial charge in [0.2, 0.25) is 0 Å². The van der Waals surface area contributed by atoms with Crippen LogP contribution < -0.4 is 14.8 Å². The summed E-state index contributed by atoms with van der Waals surface area (Å²) in [6, 6.07) is 15.6. The van der Waals surface area contributed by atoms with E-state index in [1.54, 1.807) is 7.11 Å². The van der Waals surface area contributed by atoms with Gasteiger partial charge in [0.05, 0.1) is 13.2 Å². The van der Waals surface area contributed by atoms with Gasteiger partial charge in [0.25, 0.3) is 5.91 Å². The Kier molecular flexibility index (Phi) is 7.52. The van der Waals surface area contributed by atoms with Gasteiger partial charge in [-0.05, 0) is 54.2 Å². The lowest BCUT2D eigenvalue weighted by molar-refractivity contribution is -0.124. The van der Waals surface area contributed by atoms with E-state index >= 15 is 0 Å². The highest BCUT2D eigenvalue weighted by Crippen LogP contribution is 2.23. The molecule has 0 unspecified atom stereocenters. The van der Waals surface area contributed by atoms with Crippen molar-refractivity contribution in [3.8, 4) is 11.5 Å². The van der Waals surface area contributed by atoms with Crippen LogP contribution in [0.1, 0.15) is 44.4 Å². The first-order valence-corrected chi connectivity index (χ1v) is 9.16. The number of carbonyl (C=O) groups is 1. The van der Waals surface area contributed by atoms with Crippen LogP contribution in [-0.4, -0.2) is 19.6 Å². The van der Waals surface area contributed by atoms with Gasteiger partial charge in [-0.15, -0.1) is 0 Å². The zero-order valence-electron chi connectivity index (χ0n) is 16.1. The predicted molar refractivity (Wildman–Crippen MR) is 105 cm³/mol. The molecular formula is C22H29NO3. The normalized spacial score (nSPS) is 11.9. The molecule has 0 aliphatic carbocycles. The first-order valence-electron chi connectivity index (χ1n) is 9.16. The van der Waals surface area contributed by atoms with Crippen LogP contribution in [0.2, 0.25) is 0 Å². The van der Waals surface area contributed by atoms with Crippen LogP contribution in [0.15, 0.2) is 48.5 Å². The van der Waals surface area contributed by atoms with Crippen LogP contribution in [0.4, 0.5) is 0 Å². The quantitative estimate of drug-likeness (QED) is 0.718. The van der Waals surface area contributed by atoms with Crippen LogP contribution >= 0.6 is 0 Å². The average molecular weight is 355 g/mol. The van der Waals surface area contributed by atoms with Crippen molar-refractivity contribution in [2.45, 2.75) is 39.7 Å². The van der Waals surface area contributed by atoms with Gasteiger partial charge in [-0.3, -0.25) is 4.79 Å². The second kappa shape index (κ2) is 9.85. The molecule has 0 heterocycles. The highest BCUT2D eigenvalue weighted by Gasteiger charge is 2.16. The van der Waals surface area contributed by atoms with Gasteiger partial charge in [-0.25, -0.2) is 0 Å². The average Bonchev–Trinajstić information content (AvgIpc) is 2.66. The summed E-state index contributed by atoms with van der Waals surface area (Å²) in [5.74, 6) is 1.86. The maximum absolute atomic E-state index is 12.4. The van der Waals surface area contributed by atoms with E-state index in [9.17, 15) is 4.79 Å². The molecule has 0 aromatic heterocycles. The third-order valence-electron chi connectivity index (χ3n) is 4.26. The van der Waals surface area contributed by atoms with E-state index in [1.807, 2.05) is 48.5 Å². The van der Waals surface area contributed by atoms with E-state index in [1.165, 1.54) is 5.56 Å². The molecule has 2 aromatic carbocycles. The zero-order valence-corrected chi connectivity index (χ0v) is 16.1. The number of ether oxygens (including phenoxy) is 2. The number of nitrogens with one attached hydrogen (secondary N) is 1. The Morgan fingerprint density at radius 1 is 1.00 bits per heavy atom. The largest absolute Gasteiger partial charge is 0.497 e. The molecule has 2 rings (SSSR count). The molecule has 0 radical (unpaired) electrons. The Morgan fingerprint density at radius 2 is 1.62 bits per heavy atom. The highest BCUT2D eigenvalue weighted by molar-refractivity contribution is 5.78. The second-order valence-electron chi connectivity index (χ2n) is 6.81. The lowest BCUT2D eigenvalue weighted by Gasteiger charge is -2.21. The van der Waals surface area contributed by atoms with Crippen molar-refractivity contribution in [3.05, 3.63) is 59.7 Å². The molecule has 1 N–H and O–H groups in total. The minimum atomic E-state index is -0.119. The number of hydrogen-bond donors (Lipinski definition) is 1. The van der Waals surface area contributed by atoms with Gasteiger partial charge in [-0.2, -0.15) is 0 Å². The molecule has 2 aromatic rings. The molecule has 0 saturated carbocycles. The molecular weight excluding hydrogens is 326 g/mol. The van der Waals surface area contributed by atoms with Crippen molar-refractivity contribution in [1.82, 2.24) is 5.32 Å². The maximum atomic E-state index is 12.4. The Labute approximate surface area is 156 Å². The van der Waals surface area contributed by atoms with Crippen LogP contribution in [0.3, 0.4) is 0 Å². The minimum Gasteiger partial charge on any atom is -0.497 e. The number of hydrogen-bond acceptors (Lipinski definition) is 3. The smallest absolute Gasteiger partial charge is 0.258 e. The number of methoxy groups -OCH3 is 1. The standard InChI is InChI=1S/C22H29NO3/c1-5-17-6-10-20(11-7-17)26-15-22(24)23-21(14-16(2)3)18-8-12-19(25-4)13-9-18/h6-13,16,21H,5,14-15H2,1-4H3,(H,23,24)/t21-/m0/s1. The van der Waals surface area contributed by atoms with Crippen molar-refractivity contribution < 1.29 is 14.3 Å². The number of rotatable bonds is 9. The molecule has 26 heavy (non-hydrogen) atoms. The van der Waals surface area contributed by atoms with Gasteiger partial charge < -0.3 is 14.8 Å². The Morgan fingerprint density at radius 3 is 2.15 bits per heavy atom. The van der Waals surface area contributed by atoms with Gasteiger partial charge in [0, 0.05) is 0 Å². The topological polar surface area (TPSA) is 47.6 Å². The molecule has 4 nitrogen and oxygen atoms in total. The fourth-order valence-corrected chi connectivity index (χ4v) is 2.79. The number of amides is 1. The van der Waals surface area contributed by atoms with Crippen molar-refractivity contribution >= 4 is 5.91 Å². The first-order chi connectivity index (χ1) is 12.5. The molecule has 1 amide bonds. The van der Waals surface area contributed by atoms with Crippen molar-refractivity contribution in [3.63, 3.8) is 0 Å². The fourth-order valence-electron chi connectivity index (χ4n) is 2.79. The minimum absolute atomic E-state index is 0.0101. The Balaban J connectivity index is 1.96. The zero-order chi connectivity index (χ0) is 18.9. The summed E-state index contributed by atoms with van der Waals surface area (Å²) >= 11 is 0. The fraction of sp³-hybridized carbons (Fsp3) is 0.409. The summed E-state index contributed by atoms with van der Waals surface area (Å²) in [4.78, 5) is 12.4. The molecule has 0 aliphatic heterocycles. The van der Waals surface area contributed by atoms with Crippen molar-refractivity contribution in [2.75, 3.05) is 13.7 Å². The summed E-state index contributed by atoms with van der Waals surface area (Å²) in [6.45, 7) is 6.41. The first kappa shape index (κ1) is 19.8. The number of benzene rings is 2. The number of carbonyl (C=O) groups excluding carboxylic acids is 1. The molecule has 0 saturated heterocycles. The molecule has 0 bridgehead atoms. The molecule has 0 aliphatic rings. The van der Waals surface area contributed by atoms with E-state index in [0.29, 0.717) is 11.7 Å². The predicted octanol–water partition coefficient (Wildman–Crippen LogP) is 4.54. The van der Waals surface area contributed by atoms with Gasteiger partial charge in [0.15, 0.2) is 6.61 Å². The van der Waals surface area contributed by atoms with Crippen molar-refractivity contribution in [1.29, 1.82) is 0 Å². The van der Waals surface area contributed by atoms with E-state index in [-0.39, 0.29) is 18.6 Å². The van der Waals surface area contributed by atoms with E-state index in [0.717, 1.165) is 24.2 Å². The third kappa shape index (κ3) is 6.10. The Bertz CT molecular complexity index is 678. The van der Waals surface area contributed by atoms with E-state index in [4.69, 9.17) is 9.47 Å². The Hall–Kier alpha value is -2.49. The maximum Gasteiger partial charge on any atom is 0.258 e. The molecule has 0 fully saturated rings. The molecule has 140 valence electrons. The lowest BCUT2D eigenvalue weighted by Crippen LogP contribution is -2.33.